The first-order chi connectivity index (χ1) is 11.3. The third kappa shape index (κ3) is 4.15. The molecule has 0 unspecified atom stereocenters. The van der Waals surface area contributed by atoms with Crippen LogP contribution in [0.2, 0.25) is 0 Å². The van der Waals surface area contributed by atoms with Crippen molar-refractivity contribution in [3.05, 3.63) is 15.6 Å². The quantitative estimate of drug-likeness (QED) is 0.862. The van der Waals surface area contributed by atoms with E-state index in [-0.39, 0.29) is 23.6 Å². The molecule has 1 atom stereocenters. The number of likely N-dealkylation sites (tertiary alicyclic amines) is 1. The number of thiazole rings is 1. The largest absolute Gasteiger partial charge is 0.351 e. The Labute approximate surface area is 147 Å². The first kappa shape index (κ1) is 17.8. The Kier molecular flexibility index (Phi) is 5.27. The molecule has 1 amide bonds. The van der Waals surface area contributed by atoms with Crippen LogP contribution in [0.3, 0.4) is 0 Å². The number of hydrogen-bond acceptors (Lipinski definition) is 6. The van der Waals surface area contributed by atoms with Crippen LogP contribution < -0.4 is 5.32 Å². The van der Waals surface area contributed by atoms with Crippen LogP contribution in [0.5, 0.6) is 0 Å². The van der Waals surface area contributed by atoms with Crippen LogP contribution in [0, 0.1) is 19.8 Å². The van der Waals surface area contributed by atoms with Gasteiger partial charge in [0.25, 0.3) is 0 Å². The SMILES string of the molecule is Cc1nc(C)c(CNC(=O)C2CCN([C@H]3CCS(=O)(=O)C3)CC2)s1. The highest BCUT2D eigenvalue weighted by Crippen LogP contribution is 2.25. The Morgan fingerprint density at radius 3 is 2.54 bits per heavy atom. The number of aryl methyl sites for hydroxylation is 2. The standard InChI is InChI=1S/C16H25N3O3S2/c1-11-15(23-12(2)18-11)9-17-16(20)13-3-6-19(7-4-13)14-5-8-24(21,22)10-14/h13-14H,3-10H2,1-2H3,(H,17,20)/t14-/m0/s1. The first-order valence-corrected chi connectivity index (χ1v) is 11.1. The van der Waals surface area contributed by atoms with Crippen LogP contribution in [0.25, 0.3) is 0 Å². The van der Waals surface area contributed by atoms with Crippen molar-refractivity contribution >= 4 is 27.1 Å². The van der Waals surface area contributed by atoms with E-state index in [2.05, 4.69) is 15.2 Å². The van der Waals surface area contributed by atoms with Crippen molar-refractivity contribution in [1.82, 2.24) is 15.2 Å². The van der Waals surface area contributed by atoms with Gasteiger partial charge < -0.3 is 5.32 Å². The maximum absolute atomic E-state index is 12.4. The lowest BCUT2D eigenvalue weighted by molar-refractivity contribution is -0.126. The molecule has 2 fully saturated rings. The normalized spacial score (nSPS) is 25.0. The number of sulfone groups is 1. The number of piperidine rings is 1. The summed E-state index contributed by atoms with van der Waals surface area (Å²) in [5, 5.41) is 4.06. The molecule has 1 aromatic heterocycles. The van der Waals surface area contributed by atoms with Crippen LogP contribution >= 0.6 is 11.3 Å². The maximum Gasteiger partial charge on any atom is 0.223 e. The Morgan fingerprint density at radius 1 is 1.29 bits per heavy atom. The third-order valence-corrected chi connectivity index (χ3v) is 7.87. The number of nitrogens with zero attached hydrogens (tertiary/aromatic N) is 2. The van der Waals surface area contributed by atoms with Gasteiger partial charge >= 0.3 is 0 Å². The van der Waals surface area contributed by atoms with Crippen LogP contribution in [0.15, 0.2) is 0 Å². The maximum atomic E-state index is 12.4. The van der Waals surface area contributed by atoms with E-state index < -0.39 is 9.84 Å². The van der Waals surface area contributed by atoms with Gasteiger partial charge in [-0.15, -0.1) is 11.3 Å². The smallest absolute Gasteiger partial charge is 0.223 e. The van der Waals surface area contributed by atoms with Crippen molar-refractivity contribution in [2.24, 2.45) is 5.92 Å². The second-order valence-electron chi connectivity index (χ2n) is 6.83. The van der Waals surface area contributed by atoms with Gasteiger partial charge in [-0.25, -0.2) is 13.4 Å². The van der Waals surface area contributed by atoms with Gasteiger partial charge in [-0.05, 0) is 46.2 Å². The van der Waals surface area contributed by atoms with Crippen molar-refractivity contribution in [2.45, 2.75) is 45.7 Å². The van der Waals surface area contributed by atoms with Gasteiger partial charge in [0.15, 0.2) is 9.84 Å². The molecule has 2 aliphatic rings. The highest BCUT2D eigenvalue weighted by Gasteiger charge is 2.35. The van der Waals surface area contributed by atoms with Crippen molar-refractivity contribution in [1.29, 1.82) is 0 Å². The van der Waals surface area contributed by atoms with Crippen molar-refractivity contribution in [3.63, 3.8) is 0 Å². The third-order valence-electron chi connectivity index (χ3n) is 5.05. The van der Waals surface area contributed by atoms with E-state index in [1.807, 2.05) is 13.8 Å². The summed E-state index contributed by atoms with van der Waals surface area (Å²) in [6.07, 6.45) is 2.36. The summed E-state index contributed by atoms with van der Waals surface area (Å²) in [5.41, 5.74) is 0.995. The van der Waals surface area contributed by atoms with Gasteiger partial charge in [-0.1, -0.05) is 0 Å². The second-order valence-corrected chi connectivity index (χ2v) is 10.3. The average molecular weight is 372 g/mol. The molecule has 2 saturated heterocycles. The minimum Gasteiger partial charge on any atom is -0.351 e. The Bertz CT molecular complexity index is 706. The molecule has 3 rings (SSSR count). The van der Waals surface area contributed by atoms with Gasteiger partial charge in [-0.2, -0.15) is 0 Å². The van der Waals surface area contributed by atoms with Crippen molar-refractivity contribution < 1.29 is 13.2 Å². The van der Waals surface area contributed by atoms with Crippen molar-refractivity contribution in [2.75, 3.05) is 24.6 Å². The number of aromatic nitrogens is 1. The highest BCUT2D eigenvalue weighted by atomic mass is 32.2. The van der Waals surface area contributed by atoms with Crippen LogP contribution in [0.4, 0.5) is 0 Å². The van der Waals surface area contributed by atoms with E-state index in [1.165, 1.54) is 0 Å². The zero-order chi connectivity index (χ0) is 17.3. The molecule has 6 nitrogen and oxygen atoms in total. The van der Waals surface area contributed by atoms with E-state index >= 15 is 0 Å². The minimum atomic E-state index is -2.84. The first-order valence-electron chi connectivity index (χ1n) is 8.49. The number of rotatable bonds is 4. The van der Waals surface area contributed by atoms with Gasteiger partial charge in [0.05, 0.1) is 28.8 Å². The summed E-state index contributed by atoms with van der Waals surface area (Å²) in [4.78, 5) is 20.1. The summed E-state index contributed by atoms with van der Waals surface area (Å²) in [7, 11) is -2.84. The lowest BCUT2D eigenvalue weighted by atomic mass is 9.94. The molecule has 0 saturated carbocycles. The van der Waals surface area contributed by atoms with Gasteiger partial charge in [0, 0.05) is 16.8 Å². The van der Waals surface area contributed by atoms with E-state index in [0.717, 1.165) is 47.9 Å². The van der Waals surface area contributed by atoms with Gasteiger partial charge in [0.2, 0.25) is 5.91 Å². The molecule has 3 heterocycles. The number of carbonyl (C=O) groups excluding carboxylic acids is 1. The Balaban J connectivity index is 1.46. The number of amides is 1. The molecular weight excluding hydrogens is 346 g/mol. The van der Waals surface area contributed by atoms with Crippen molar-refractivity contribution in [3.8, 4) is 0 Å². The van der Waals surface area contributed by atoms with Gasteiger partial charge in [-0.3, -0.25) is 9.69 Å². The van der Waals surface area contributed by atoms with Crippen LogP contribution in [-0.4, -0.2) is 54.8 Å². The zero-order valence-corrected chi connectivity index (χ0v) is 15.9. The predicted octanol–water partition coefficient (Wildman–Crippen LogP) is 1.28. The molecular formula is C16H25N3O3S2. The lowest BCUT2D eigenvalue weighted by Crippen LogP contribution is -2.45. The summed E-state index contributed by atoms with van der Waals surface area (Å²) in [6.45, 7) is 6.13. The topological polar surface area (TPSA) is 79.4 Å². The fraction of sp³-hybridized carbons (Fsp3) is 0.750. The molecule has 0 spiro atoms. The minimum absolute atomic E-state index is 0.0357. The number of carbonyl (C=O) groups is 1. The zero-order valence-electron chi connectivity index (χ0n) is 14.2. The monoisotopic (exact) mass is 371 g/mol. The summed E-state index contributed by atoms with van der Waals surface area (Å²) < 4.78 is 23.2. The Hall–Kier alpha value is -0.990. The molecule has 1 aromatic rings. The van der Waals surface area contributed by atoms with E-state index in [4.69, 9.17) is 0 Å². The van der Waals surface area contributed by atoms with Gasteiger partial charge in [0.1, 0.15) is 0 Å². The lowest BCUT2D eigenvalue weighted by Gasteiger charge is -2.34. The molecule has 0 bridgehead atoms. The molecule has 0 radical (unpaired) electrons. The second kappa shape index (κ2) is 7.09. The molecule has 134 valence electrons. The molecule has 24 heavy (non-hydrogen) atoms. The number of nitrogens with one attached hydrogen (secondary N) is 1. The van der Waals surface area contributed by atoms with Crippen LogP contribution in [-0.2, 0) is 21.2 Å². The fourth-order valence-corrected chi connectivity index (χ4v) is 6.28. The molecule has 0 aliphatic carbocycles. The average Bonchev–Trinajstić information content (AvgIpc) is 3.06. The fourth-order valence-electron chi connectivity index (χ4n) is 3.64. The molecule has 8 heteroatoms. The van der Waals surface area contributed by atoms with E-state index in [0.29, 0.717) is 12.3 Å². The summed E-state index contributed by atoms with van der Waals surface area (Å²) >= 11 is 1.63. The summed E-state index contributed by atoms with van der Waals surface area (Å²) in [5.74, 6) is 0.743. The molecule has 2 aliphatic heterocycles. The highest BCUT2D eigenvalue weighted by molar-refractivity contribution is 7.91. The summed E-state index contributed by atoms with van der Waals surface area (Å²) in [6, 6.07) is 0.154. The Morgan fingerprint density at radius 2 is 2.00 bits per heavy atom. The molecule has 1 N–H and O–H groups in total. The predicted molar refractivity (Wildman–Crippen MR) is 94.8 cm³/mol. The van der Waals surface area contributed by atoms with Crippen LogP contribution in [0.1, 0.15) is 34.8 Å². The van der Waals surface area contributed by atoms with E-state index in [9.17, 15) is 13.2 Å². The van der Waals surface area contributed by atoms with E-state index in [1.54, 1.807) is 11.3 Å². The number of hydrogen-bond donors (Lipinski definition) is 1. The molecule has 0 aromatic carbocycles.